The number of halogens is 3. The normalized spacial score (nSPS) is 15.8. The van der Waals surface area contributed by atoms with Gasteiger partial charge in [-0.25, -0.2) is 4.79 Å². The van der Waals surface area contributed by atoms with Gasteiger partial charge in [-0.2, -0.15) is 13.2 Å². The van der Waals surface area contributed by atoms with E-state index in [1.54, 1.807) is 6.07 Å². The summed E-state index contributed by atoms with van der Waals surface area (Å²) in [7, 11) is 1.38. The Hall–Kier alpha value is -8.00. The van der Waals surface area contributed by atoms with Crippen LogP contribution in [0.2, 0.25) is 0 Å². The molecule has 0 aromatic heterocycles. The van der Waals surface area contributed by atoms with Crippen molar-refractivity contribution in [2.45, 2.75) is 128 Å². The number of unbranched alkanes of at least 4 members (excludes halogenated alkanes) is 7. The van der Waals surface area contributed by atoms with Crippen molar-refractivity contribution in [1.82, 2.24) is 26.2 Å². The van der Waals surface area contributed by atoms with E-state index in [1.807, 2.05) is 30.3 Å². The predicted octanol–water partition coefficient (Wildman–Crippen LogP) is 6.02. The smallest absolute Gasteiger partial charge is 0.430 e. The summed E-state index contributed by atoms with van der Waals surface area (Å²) in [6.07, 6.45) is 5.74. The van der Waals surface area contributed by atoms with Crippen LogP contribution in [0.15, 0.2) is 97.1 Å². The molecule has 4 atom stereocenters. The molecule has 78 heavy (non-hydrogen) atoms. The predicted molar refractivity (Wildman–Crippen MR) is 284 cm³/mol. The standard InChI is InChI=1S/C56H68N6O9.C2HF3O2/c1-4-5-6-7-8-9-10-15-36-19-22-38(23-20-36)40-25-26-43(42-17-12-11-16-41(40)42)53(67)58-31-29-50(65)60-46(18-13-14-30-57)55(69)62(3)51-39-24-28-49(64)45(34-39)44-32-37(21-27-48(44)63)33-47(56(70)71)61-52(66)35(2)59-54(51)68;3-2(4,5)1(6)7/h11-12,16-17,19-28,32,34-35,46-47,51,63-64H,4-10,13-15,18,29-31,33,57H2,1-3H3,(H,58,67)(H,59,68)(H,60,65)(H,61,66)(H,70,71);(H,6,7)/t35-,46-,47-,51-;/m0./s1. The number of nitrogens with one attached hydrogen (secondary N) is 4. The lowest BCUT2D eigenvalue weighted by atomic mass is 9.93. The van der Waals surface area contributed by atoms with Crippen molar-refractivity contribution in [2.24, 2.45) is 0 Å². The molecule has 5 aromatic carbocycles. The van der Waals surface area contributed by atoms with Crippen LogP contribution in [0.5, 0.6) is 11.5 Å². The topological polar surface area (TPSA) is 282 Å². The number of nitrogens with zero attached hydrogens (tertiary/aromatic N) is 1. The maximum absolute atomic E-state index is 14.6. The van der Waals surface area contributed by atoms with Crippen molar-refractivity contribution in [3.63, 3.8) is 0 Å². The average molecular weight is 1080 g/mol. The molecule has 5 amide bonds. The Labute approximate surface area is 450 Å². The van der Waals surface area contributed by atoms with E-state index in [0.717, 1.165) is 33.2 Å². The molecule has 0 unspecified atom stereocenters. The van der Waals surface area contributed by atoms with Gasteiger partial charge in [-0.15, -0.1) is 0 Å². The lowest BCUT2D eigenvalue weighted by molar-refractivity contribution is -0.368. The maximum Gasteiger partial charge on any atom is 0.430 e. The number of aryl methyl sites for hydroxylation is 1. The van der Waals surface area contributed by atoms with Gasteiger partial charge in [-0.1, -0.05) is 112 Å². The summed E-state index contributed by atoms with van der Waals surface area (Å²) in [5.74, 6) is -7.94. The quantitative estimate of drug-likeness (QED) is 0.0393. The number of amides is 5. The number of aliphatic carboxylic acids is 2. The number of aromatic hydroxyl groups is 2. The van der Waals surface area contributed by atoms with Crippen molar-refractivity contribution in [2.75, 3.05) is 20.1 Å². The molecule has 10 N–H and O–H groups in total. The molecule has 17 nitrogen and oxygen atoms in total. The van der Waals surface area contributed by atoms with Gasteiger partial charge in [0.25, 0.3) is 5.91 Å². The summed E-state index contributed by atoms with van der Waals surface area (Å²) in [5.41, 5.74) is 8.59. The molecule has 0 radical (unpaired) electrons. The van der Waals surface area contributed by atoms with Crippen LogP contribution in [0.4, 0.5) is 13.2 Å². The number of carboxylic acids is 2. The van der Waals surface area contributed by atoms with E-state index in [-0.39, 0.29) is 59.9 Å². The maximum atomic E-state index is 14.6. The van der Waals surface area contributed by atoms with Gasteiger partial charge in [0, 0.05) is 43.1 Å². The molecular formula is C58H69F3N6O11. The molecule has 4 bridgehead atoms. The second-order valence-electron chi connectivity index (χ2n) is 19.3. The SMILES string of the molecule is CCCCCCCCCc1ccc(-c2ccc(C(=O)NCCC(=O)N[C@@H](CCCC[NH3+])C(=O)N(C)[C@@H]3C(=O)N[C@@H](C)C(=O)N[C@H](C(=O)O)Cc4ccc(O)c(c4)-c4cc3ccc4O)c3ccccc23)cc1.O=C([O-])C(F)(F)F. The third kappa shape index (κ3) is 17.0. The van der Waals surface area contributed by atoms with Crippen LogP contribution < -0.4 is 32.1 Å². The van der Waals surface area contributed by atoms with Crippen LogP contribution in [-0.4, -0.2) is 106 Å². The van der Waals surface area contributed by atoms with E-state index >= 15 is 0 Å². The Morgan fingerprint density at radius 1 is 0.782 bits per heavy atom. The number of carbonyl (C=O) groups is 7. The van der Waals surface area contributed by atoms with Gasteiger partial charge in [0.15, 0.2) is 0 Å². The molecule has 418 valence electrons. The number of hydrogen-bond acceptors (Lipinski definition) is 10. The van der Waals surface area contributed by atoms with Gasteiger partial charge in [-0.05, 0) is 108 Å². The van der Waals surface area contributed by atoms with Gasteiger partial charge < -0.3 is 57.1 Å². The van der Waals surface area contributed by atoms with Crippen molar-refractivity contribution in [1.29, 1.82) is 0 Å². The summed E-state index contributed by atoms with van der Waals surface area (Å²) >= 11 is 0. The highest BCUT2D eigenvalue weighted by molar-refractivity contribution is 6.11. The van der Waals surface area contributed by atoms with Gasteiger partial charge >= 0.3 is 12.1 Å². The monoisotopic (exact) mass is 1080 g/mol. The Kier molecular flexibility index (Phi) is 22.6. The number of fused-ring (bicyclic) bond motifs is 6. The molecule has 0 spiro atoms. The third-order valence-electron chi connectivity index (χ3n) is 13.5. The number of alkyl halides is 3. The summed E-state index contributed by atoms with van der Waals surface area (Å²) in [5, 5.41) is 53.2. The second-order valence-corrected chi connectivity index (χ2v) is 19.3. The Morgan fingerprint density at radius 2 is 1.41 bits per heavy atom. The zero-order valence-electron chi connectivity index (χ0n) is 44.0. The molecule has 1 heterocycles. The molecular weight excluding hydrogens is 1010 g/mol. The highest BCUT2D eigenvalue weighted by atomic mass is 19.4. The second kappa shape index (κ2) is 28.9. The fourth-order valence-electron chi connectivity index (χ4n) is 9.20. The largest absolute Gasteiger partial charge is 0.542 e. The molecule has 5 aromatic rings. The van der Waals surface area contributed by atoms with Crippen molar-refractivity contribution >= 4 is 52.2 Å². The van der Waals surface area contributed by atoms with E-state index in [2.05, 4.69) is 58.2 Å². The fraction of sp³-hybridized carbons (Fsp3) is 0.397. The molecule has 6 rings (SSSR count). The van der Waals surface area contributed by atoms with Crippen LogP contribution in [0, 0.1) is 0 Å². The zero-order valence-corrected chi connectivity index (χ0v) is 44.0. The van der Waals surface area contributed by atoms with E-state index in [1.165, 1.54) is 101 Å². The first-order chi connectivity index (χ1) is 37.1. The Bertz CT molecular complexity index is 2920. The van der Waals surface area contributed by atoms with E-state index in [0.29, 0.717) is 30.5 Å². The molecule has 0 fully saturated rings. The van der Waals surface area contributed by atoms with Gasteiger partial charge in [-0.3, -0.25) is 24.0 Å². The number of likely N-dealkylation sites (N-methyl/N-ethyl adjacent to an activating group) is 1. The van der Waals surface area contributed by atoms with Crippen LogP contribution in [-0.2, 0) is 41.6 Å². The van der Waals surface area contributed by atoms with E-state index in [4.69, 9.17) is 9.90 Å². The number of carboxylic acid groups (broad SMARTS) is 2. The van der Waals surface area contributed by atoms with E-state index < -0.39 is 65.9 Å². The minimum absolute atomic E-state index is 0.0331. The van der Waals surface area contributed by atoms with Gasteiger partial charge in [0.1, 0.15) is 41.6 Å². The molecule has 0 saturated heterocycles. The van der Waals surface area contributed by atoms with Crippen LogP contribution in [0.25, 0.3) is 33.0 Å². The molecule has 0 saturated carbocycles. The zero-order chi connectivity index (χ0) is 57.1. The number of benzene rings is 5. The highest BCUT2D eigenvalue weighted by Gasteiger charge is 2.36. The lowest BCUT2D eigenvalue weighted by Crippen LogP contribution is -2.55. The van der Waals surface area contributed by atoms with Gasteiger partial charge in [0.05, 0.1) is 6.54 Å². The summed E-state index contributed by atoms with van der Waals surface area (Å²) in [4.78, 5) is 91.7. The first-order valence-electron chi connectivity index (χ1n) is 26.2. The summed E-state index contributed by atoms with van der Waals surface area (Å²) < 4.78 is 31.5. The summed E-state index contributed by atoms with van der Waals surface area (Å²) in [6, 6.07) is 23.4. The number of phenols is 2. The number of hydrogen-bond donors (Lipinski definition) is 8. The number of phenolic OH excluding ortho intramolecular Hbond substituents is 2. The first kappa shape index (κ1) is 60.9. The van der Waals surface area contributed by atoms with Crippen molar-refractivity contribution in [3.8, 4) is 33.8 Å². The molecule has 0 aliphatic carbocycles. The number of quaternary nitrogens is 1. The molecule has 20 heteroatoms. The minimum Gasteiger partial charge on any atom is -0.542 e. The highest BCUT2D eigenvalue weighted by Crippen LogP contribution is 2.39. The van der Waals surface area contributed by atoms with Crippen LogP contribution >= 0.6 is 0 Å². The first-order valence-corrected chi connectivity index (χ1v) is 26.2. The lowest BCUT2D eigenvalue weighted by Gasteiger charge is -2.32. The fourth-order valence-corrected chi connectivity index (χ4v) is 9.20. The summed E-state index contributed by atoms with van der Waals surface area (Å²) in [6.45, 7) is 4.16. The Balaban J connectivity index is 0.00000150. The Morgan fingerprint density at radius 3 is 2.05 bits per heavy atom. The number of carbonyl (C=O) groups excluding carboxylic acids is 6. The molecule has 1 aliphatic rings. The van der Waals surface area contributed by atoms with Crippen molar-refractivity contribution in [3.05, 3.63) is 119 Å². The van der Waals surface area contributed by atoms with Gasteiger partial charge in [0.2, 0.25) is 23.6 Å². The van der Waals surface area contributed by atoms with E-state index in [9.17, 15) is 57.3 Å². The van der Waals surface area contributed by atoms with Crippen LogP contribution in [0.3, 0.4) is 0 Å². The van der Waals surface area contributed by atoms with Crippen LogP contribution in [0.1, 0.15) is 118 Å². The third-order valence-corrected chi connectivity index (χ3v) is 13.5. The van der Waals surface area contributed by atoms with Crippen molar-refractivity contribution < 1.29 is 72.9 Å². The number of rotatable bonds is 21. The molecule has 1 aliphatic heterocycles. The average Bonchev–Trinajstić information content (AvgIpc) is 3.44. The minimum atomic E-state index is -5.19.